The van der Waals surface area contributed by atoms with Gasteiger partial charge < -0.3 is 25.0 Å². The smallest absolute Gasteiger partial charge is 0.365 e. The van der Waals surface area contributed by atoms with Crippen LogP contribution in [-0.4, -0.2) is 57.1 Å². The summed E-state index contributed by atoms with van der Waals surface area (Å²) in [5.41, 5.74) is 5.31. The number of carboxylic acids is 2. The maximum Gasteiger partial charge on any atom is 0.365 e. The standard InChI is InChI=1S/C27H24I6N2O11/c1-3-10-18(28)14(24(39)40)22(32)16(20(10)30)26(43)45-34-12(37)7-5-9(36)6-8-13(38)35-46-27(44)17-21(31)11(4-2)19(29)15(23(17)33)25(41)42/h9,36H,3-8H2,1-2H3,(H,34,37)(H,35,38)(H,39,40)(H,41,42). The van der Waals surface area contributed by atoms with E-state index in [0.717, 1.165) is 0 Å². The zero-order chi connectivity index (χ0) is 35.0. The second-order valence-electron chi connectivity index (χ2n) is 9.22. The molecule has 0 saturated heterocycles. The van der Waals surface area contributed by atoms with Crippen LogP contribution in [0, 0.1) is 21.4 Å². The van der Waals surface area contributed by atoms with Gasteiger partial charge in [-0.25, -0.2) is 19.2 Å². The monoisotopic (exact) mass is 1310 g/mol. The first-order valence-corrected chi connectivity index (χ1v) is 19.5. The Morgan fingerprint density at radius 2 is 0.891 bits per heavy atom. The largest absolute Gasteiger partial charge is 0.478 e. The third kappa shape index (κ3) is 10.3. The number of amides is 2. The highest BCUT2D eigenvalue weighted by atomic mass is 127. The molecule has 2 aromatic rings. The van der Waals surface area contributed by atoms with Crippen molar-refractivity contribution in [3.05, 3.63) is 54.8 Å². The zero-order valence-corrected chi connectivity index (χ0v) is 36.6. The summed E-state index contributed by atoms with van der Waals surface area (Å²) in [6, 6.07) is 0. The topological polar surface area (TPSA) is 206 Å². The van der Waals surface area contributed by atoms with Crippen molar-refractivity contribution in [2.75, 3.05) is 0 Å². The molecule has 0 aromatic heterocycles. The van der Waals surface area contributed by atoms with E-state index in [9.17, 15) is 44.1 Å². The van der Waals surface area contributed by atoms with Crippen molar-refractivity contribution in [2.45, 2.75) is 58.5 Å². The lowest BCUT2D eigenvalue weighted by Gasteiger charge is -2.16. The molecule has 0 aliphatic heterocycles. The molecule has 2 aromatic carbocycles. The molecule has 0 saturated carbocycles. The first kappa shape index (κ1) is 41.8. The first-order chi connectivity index (χ1) is 21.5. The lowest BCUT2D eigenvalue weighted by molar-refractivity contribution is -0.131. The van der Waals surface area contributed by atoms with Gasteiger partial charge in [-0.1, -0.05) is 13.8 Å². The lowest BCUT2D eigenvalue weighted by atomic mass is 10.0. The summed E-state index contributed by atoms with van der Waals surface area (Å²) in [5, 5.41) is 29.5. The molecular weight excluding hydrogens is 1290 g/mol. The van der Waals surface area contributed by atoms with E-state index >= 15 is 0 Å². The van der Waals surface area contributed by atoms with E-state index in [4.69, 9.17) is 9.68 Å². The Kier molecular flexibility index (Phi) is 17.4. The highest BCUT2D eigenvalue weighted by molar-refractivity contribution is 14.1. The number of carbonyl (C=O) groups excluding carboxylic acids is 4. The minimum Gasteiger partial charge on any atom is -0.478 e. The van der Waals surface area contributed by atoms with Crippen molar-refractivity contribution >= 4 is 171 Å². The number of hydrogen-bond donors (Lipinski definition) is 5. The van der Waals surface area contributed by atoms with Gasteiger partial charge in [-0.2, -0.15) is 11.0 Å². The fraction of sp³-hybridized carbons (Fsp3) is 0.333. The molecule has 19 heteroatoms. The second kappa shape index (κ2) is 19.1. The number of benzene rings is 2. The number of hydrogen-bond acceptors (Lipinski definition) is 9. The maximum absolute atomic E-state index is 12.8. The van der Waals surface area contributed by atoms with E-state index in [1.807, 2.05) is 115 Å². The van der Waals surface area contributed by atoms with Gasteiger partial charge >= 0.3 is 23.9 Å². The highest BCUT2D eigenvalue weighted by Gasteiger charge is 2.30. The number of nitrogens with one attached hydrogen (secondary N) is 2. The fourth-order valence-corrected chi connectivity index (χ4v) is 13.6. The van der Waals surface area contributed by atoms with E-state index in [1.165, 1.54) is 0 Å². The summed E-state index contributed by atoms with van der Waals surface area (Å²) >= 11 is 11.2. The van der Waals surface area contributed by atoms with Crippen molar-refractivity contribution in [1.29, 1.82) is 0 Å². The molecular formula is C27H24I6N2O11. The summed E-state index contributed by atoms with van der Waals surface area (Å²) in [7, 11) is 0. The molecule has 0 spiro atoms. The molecule has 2 amide bonds. The third-order valence-corrected chi connectivity index (χ3v) is 13.2. The molecule has 0 bridgehead atoms. The molecule has 5 N–H and O–H groups in total. The van der Waals surface area contributed by atoms with Gasteiger partial charge in [0.1, 0.15) is 0 Å². The van der Waals surface area contributed by atoms with Gasteiger partial charge in [0.05, 0.1) is 28.4 Å². The summed E-state index contributed by atoms with van der Waals surface area (Å²) in [4.78, 5) is 83.6. The number of aliphatic hydroxyl groups excluding tert-OH is 1. The normalized spacial score (nSPS) is 10.8. The molecule has 0 unspecified atom stereocenters. The first-order valence-electron chi connectivity index (χ1n) is 13.0. The van der Waals surface area contributed by atoms with E-state index in [2.05, 4.69) is 0 Å². The molecule has 46 heavy (non-hydrogen) atoms. The van der Waals surface area contributed by atoms with Gasteiger partial charge in [0, 0.05) is 34.3 Å². The fourth-order valence-electron chi connectivity index (χ4n) is 3.94. The molecule has 2 rings (SSSR count). The van der Waals surface area contributed by atoms with E-state index < -0.39 is 41.8 Å². The van der Waals surface area contributed by atoms with Gasteiger partial charge in [0.2, 0.25) is 0 Å². The van der Waals surface area contributed by atoms with Crippen molar-refractivity contribution in [3.8, 4) is 0 Å². The average molecular weight is 1310 g/mol. The Bertz CT molecular complexity index is 1480. The van der Waals surface area contributed by atoms with Gasteiger partial charge in [0.15, 0.2) is 0 Å². The van der Waals surface area contributed by atoms with Gasteiger partial charge in [-0.05, 0) is 172 Å². The number of carboxylic acid groups (broad SMARTS) is 2. The van der Waals surface area contributed by atoms with E-state index in [-0.39, 0.29) is 55.1 Å². The van der Waals surface area contributed by atoms with Crippen LogP contribution in [-0.2, 0) is 32.1 Å². The van der Waals surface area contributed by atoms with Crippen molar-refractivity contribution in [3.63, 3.8) is 0 Å². The Balaban J connectivity index is 1.90. The summed E-state index contributed by atoms with van der Waals surface area (Å²) in [6.07, 6.45) is -0.864. The van der Waals surface area contributed by atoms with Crippen LogP contribution in [0.5, 0.6) is 0 Å². The molecule has 250 valence electrons. The average Bonchev–Trinajstić information content (AvgIpc) is 2.96. The number of aliphatic hydroxyl groups is 1. The predicted octanol–water partition coefficient (Wildman–Crippen LogP) is 5.83. The minimum atomic E-state index is -1.20. The number of carbonyl (C=O) groups is 6. The molecule has 0 aliphatic rings. The van der Waals surface area contributed by atoms with Gasteiger partial charge in [-0.3, -0.25) is 9.59 Å². The molecule has 0 aliphatic carbocycles. The minimum absolute atomic E-state index is 0.0162. The molecule has 0 fully saturated rings. The third-order valence-electron chi connectivity index (χ3n) is 6.28. The maximum atomic E-state index is 12.8. The molecule has 0 atom stereocenters. The van der Waals surface area contributed by atoms with Crippen LogP contribution in [0.15, 0.2) is 0 Å². The van der Waals surface area contributed by atoms with Crippen LogP contribution in [0.2, 0.25) is 0 Å². The van der Waals surface area contributed by atoms with Gasteiger partial charge in [0.25, 0.3) is 11.8 Å². The summed E-state index contributed by atoms with van der Waals surface area (Å²) in [5.74, 6) is -5.75. The van der Waals surface area contributed by atoms with E-state index in [1.54, 1.807) is 45.2 Å². The van der Waals surface area contributed by atoms with Crippen LogP contribution >= 0.6 is 136 Å². The lowest BCUT2D eigenvalue weighted by Crippen LogP contribution is -2.30. The van der Waals surface area contributed by atoms with Crippen LogP contribution in [0.3, 0.4) is 0 Å². The Hall–Kier alpha value is -0.400. The van der Waals surface area contributed by atoms with Crippen LogP contribution in [0.25, 0.3) is 0 Å². The van der Waals surface area contributed by atoms with Gasteiger partial charge in [-0.15, -0.1) is 0 Å². The highest BCUT2D eigenvalue weighted by Crippen LogP contribution is 2.34. The quantitative estimate of drug-likeness (QED) is 0.126. The number of hydroxylamine groups is 2. The van der Waals surface area contributed by atoms with Crippen molar-refractivity contribution in [1.82, 2.24) is 11.0 Å². The number of aromatic carboxylic acids is 2. The SMILES string of the molecule is CCc1c(I)c(C(=O)O)c(I)c(C(=O)ONC(=O)CCC(O)CCC(=O)NOC(=O)c2c(I)c(CC)c(I)c(C(=O)O)c2I)c1I. The number of halogens is 6. The second-order valence-corrected chi connectivity index (χ2v) is 15.7. The summed E-state index contributed by atoms with van der Waals surface area (Å²) in [6.45, 7) is 3.64. The van der Waals surface area contributed by atoms with Crippen LogP contribution < -0.4 is 11.0 Å². The predicted molar refractivity (Wildman–Crippen MR) is 213 cm³/mol. The summed E-state index contributed by atoms with van der Waals surface area (Å²) < 4.78 is 2.39. The Morgan fingerprint density at radius 1 is 0.587 bits per heavy atom. The van der Waals surface area contributed by atoms with Crippen molar-refractivity contribution < 1.29 is 53.8 Å². The number of rotatable bonds is 12. The van der Waals surface area contributed by atoms with Crippen LogP contribution in [0.4, 0.5) is 0 Å². The molecule has 13 nitrogen and oxygen atoms in total. The zero-order valence-electron chi connectivity index (χ0n) is 23.7. The van der Waals surface area contributed by atoms with Crippen molar-refractivity contribution in [2.24, 2.45) is 0 Å². The molecule has 0 radical (unpaired) electrons. The molecule has 0 heterocycles. The van der Waals surface area contributed by atoms with E-state index in [0.29, 0.717) is 38.2 Å². The Morgan fingerprint density at radius 3 is 1.17 bits per heavy atom. The van der Waals surface area contributed by atoms with Crippen LogP contribution in [0.1, 0.15) is 92.1 Å². The Labute approximate surface area is 344 Å².